The second-order valence-electron chi connectivity index (χ2n) is 9.97. The fourth-order valence-corrected chi connectivity index (χ4v) is 3.27. The molecule has 1 amide bonds. The number of carbonyl (C=O) groups excluding carboxylic acids is 1. The van der Waals surface area contributed by atoms with Crippen LogP contribution in [0.1, 0.15) is 90.8 Å². The first kappa shape index (κ1) is 25.7. The third-order valence-electron chi connectivity index (χ3n) is 5.08. The average molecular weight is 418 g/mol. The minimum atomic E-state index is -0.845. The SMILES string of the molecule is CCCCN(CCCC(=O)O)C(=O)/C=C/c1cc(C(C)(C)C)c(O)c(C(C)(C)C)c1. The number of aliphatic carboxylic acids is 1. The Kier molecular flexibility index (Phi) is 9.13. The predicted octanol–water partition coefficient (Wildman–Crippen LogP) is 5.49. The number of rotatable bonds is 9. The molecule has 0 unspecified atom stereocenters. The molecular weight excluding hydrogens is 378 g/mol. The molecule has 0 atom stereocenters. The first-order chi connectivity index (χ1) is 13.8. The van der Waals surface area contributed by atoms with Gasteiger partial charge in [-0.05, 0) is 47.4 Å². The van der Waals surface area contributed by atoms with Gasteiger partial charge in [0.25, 0.3) is 0 Å². The van der Waals surface area contributed by atoms with Gasteiger partial charge in [0, 0.05) is 36.7 Å². The van der Waals surface area contributed by atoms with Gasteiger partial charge < -0.3 is 15.1 Å². The summed E-state index contributed by atoms with van der Waals surface area (Å²) in [6.07, 6.45) is 5.70. The second kappa shape index (κ2) is 10.6. The molecule has 0 heterocycles. The number of hydrogen-bond donors (Lipinski definition) is 2. The van der Waals surface area contributed by atoms with Crippen molar-refractivity contribution >= 4 is 18.0 Å². The van der Waals surface area contributed by atoms with Gasteiger partial charge in [-0.15, -0.1) is 0 Å². The maximum absolute atomic E-state index is 12.8. The van der Waals surface area contributed by atoms with Crippen LogP contribution in [0.15, 0.2) is 18.2 Å². The Balaban J connectivity index is 3.18. The summed E-state index contributed by atoms with van der Waals surface area (Å²) in [5.41, 5.74) is 2.11. The van der Waals surface area contributed by atoms with Crippen LogP contribution < -0.4 is 0 Å². The van der Waals surface area contributed by atoms with Gasteiger partial charge in [0.1, 0.15) is 5.75 Å². The van der Waals surface area contributed by atoms with Crippen LogP contribution >= 0.6 is 0 Å². The maximum Gasteiger partial charge on any atom is 0.303 e. The molecule has 1 rings (SSSR count). The minimum absolute atomic E-state index is 0.0570. The van der Waals surface area contributed by atoms with Crippen molar-refractivity contribution < 1.29 is 19.8 Å². The number of phenols is 1. The zero-order valence-corrected chi connectivity index (χ0v) is 19.7. The van der Waals surface area contributed by atoms with E-state index in [0.29, 0.717) is 25.3 Å². The summed E-state index contributed by atoms with van der Waals surface area (Å²) in [4.78, 5) is 25.3. The average Bonchev–Trinajstić information content (AvgIpc) is 2.61. The van der Waals surface area contributed by atoms with Crippen LogP contribution in [0.5, 0.6) is 5.75 Å². The van der Waals surface area contributed by atoms with Gasteiger partial charge in [0.2, 0.25) is 5.91 Å². The number of nitrogens with zero attached hydrogens (tertiary/aromatic N) is 1. The Bertz CT molecular complexity index is 731. The summed E-state index contributed by atoms with van der Waals surface area (Å²) in [6, 6.07) is 3.88. The van der Waals surface area contributed by atoms with Crippen LogP contribution in [0.3, 0.4) is 0 Å². The molecule has 5 nitrogen and oxygen atoms in total. The van der Waals surface area contributed by atoms with Crippen molar-refractivity contribution in [3.63, 3.8) is 0 Å². The van der Waals surface area contributed by atoms with Gasteiger partial charge in [0.15, 0.2) is 0 Å². The molecule has 1 aromatic carbocycles. The second-order valence-corrected chi connectivity index (χ2v) is 9.97. The summed E-state index contributed by atoms with van der Waals surface area (Å²) in [5, 5.41) is 19.7. The number of aromatic hydroxyl groups is 1. The first-order valence-corrected chi connectivity index (χ1v) is 10.8. The number of carboxylic acid groups (broad SMARTS) is 1. The number of amides is 1. The highest BCUT2D eigenvalue weighted by molar-refractivity contribution is 5.92. The van der Waals surface area contributed by atoms with Crippen LogP contribution in [-0.4, -0.2) is 40.1 Å². The monoisotopic (exact) mass is 417 g/mol. The van der Waals surface area contributed by atoms with Crippen molar-refractivity contribution in [3.8, 4) is 5.75 Å². The van der Waals surface area contributed by atoms with Crippen LogP contribution in [0, 0.1) is 0 Å². The Hall–Kier alpha value is -2.30. The zero-order valence-electron chi connectivity index (χ0n) is 19.7. The number of hydrogen-bond acceptors (Lipinski definition) is 3. The zero-order chi connectivity index (χ0) is 23.1. The van der Waals surface area contributed by atoms with Gasteiger partial charge in [-0.25, -0.2) is 0 Å². The lowest BCUT2D eigenvalue weighted by Gasteiger charge is -2.28. The highest BCUT2D eigenvalue weighted by atomic mass is 16.4. The van der Waals surface area contributed by atoms with E-state index in [2.05, 4.69) is 48.5 Å². The van der Waals surface area contributed by atoms with Crippen molar-refractivity contribution in [2.45, 2.75) is 85.0 Å². The third-order valence-corrected chi connectivity index (χ3v) is 5.08. The minimum Gasteiger partial charge on any atom is -0.507 e. The topological polar surface area (TPSA) is 77.8 Å². The van der Waals surface area contributed by atoms with Crippen molar-refractivity contribution in [3.05, 3.63) is 34.9 Å². The molecule has 0 radical (unpaired) electrons. The highest BCUT2D eigenvalue weighted by Gasteiger charge is 2.26. The summed E-state index contributed by atoms with van der Waals surface area (Å²) < 4.78 is 0. The molecule has 0 aliphatic heterocycles. The van der Waals surface area contributed by atoms with Gasteiger partial charge in [-0.2, -0.15) is 0 Å². The van der Waals surface area contributed by atoms with Gasteiger partial charge in [-0.1, -0.05) is 54.9 Å². The molecule has 0 saturated heterocycles. The van der Waals surface area contributed by atoms with Crippen LogP contribution in [0.4, 0.5) is 0 Å². The highest BCUT2D eigenvalue weighted by Crippen LogP contribution is 2.40. The van der Waals surface area contributed by atoms with E-state index in [1.54, 1.807) is 17.1 Å². The molecule has 0 aliphatic carbocycles. The Morgan fingerprint density at radius 2 is 1.47 bits per heavy atom. The van der Waals surface area contributed by atoms with Gasteiger partial charge in [0.05, 0.1) is 0 Å². The van der Waals surface area contributed by atoms with E-state index in [1.807, 2.05) is 12.1 Å². The van der Waals surface area contributed by atoms with Crippen LogP contribution in [-0.2, 0) is 20.4 Å². The molecule has 0 aromatic heterocycles. The van der Waals surface area contributed by atoms with E-state index in [-0.39, 0.29) is 23.2 Å². The fraction of sp³-hybridized carbons (Fsp3) is 0.600. The van der Waals surface area contributed by atoms with Crippen molar-refractivity contribution in [1.29, 1.82) is 0 Å². The predicted molar refractivity (Wildman–Crippen MR) is 123 cm³/mol. The molecule has 1 aromatic rings. The van der Waals surface area contributed by atoms with E-state index in [0.717, 1.165) is 29.5 Å². The molecule has 168 valence electrons. The Morgan fingerprint density at radius 1 is 0.967 bits per heavy atom. The fourth-order valence-electron chi connectivity index (χ4n) is 3.27. The van der Waals surface area contributed by atoms with Gasteiger partial charge in [-0.3, -0.25) is 9.59 Å². The lowest BCUT2D eigenvalue weighted by Crippen LogP contribution is -2.31. The molecule has 0 aliphatic rings. The molecule has 30 heavy (non-hydrogen) atoms. The quantitative estimate of drug-likeness (QED) is 0.521. The van der Waals surface area contributed by atoms with E-state index >= 15 is 0 Å². The Morgan fingerprint density at radius 3 is 1.90 bits per heavy atom. The third kappa shape index (κ3) is 7.85. The molecule has 2 N–H and O–H groups in total. The summed E-state index contributed by atoms with van der Waals surface area (Å²) >= 11 is 0. The molecule has 0 spiro atoms. The van der Waals surface area contributed by atoms with Crippen molar-refractivity contribution in [1.82, 2.24) is 4.90 Å². The van der Waals surface area contributed by atoms with Crippen molar-refractivity contribution in [2.24, 2.45) is 0 Å². The smallest absolute Gasteiger partial charge is 0.303 e. The summed E-state index contributed by atoms with van der Waals surface area (Å²) in [7, 11) is 0. The largest absolute Gasteiger partial charge is 0.507 e. The van der Waals surface area contributed by atoms with Crippen LogP contribution in [0.2, 0.25) is 0 Å². The lowest BCUT2D eigenvalue weighted by molar-refractivity contribution is -0.137. The van der Waals surface area contributed by atoms with E-state index in [9.17, 15) is 14.7 Å². The number of benzene rings is 1. The number of phenolic OH excluding ortho intramolecular Hbond substituents is 1. The normalized spacial score (nSPS) is 12.4. The molecule has 0 bridgehead atoms. The molecule has 0 fully saturated rings. The molecular formula is C25H39NO4. The summed E-state index contributed by atoms with van der Waals surface area (Å²) in [5.74, 6) is -0.643. The number of unbranched alkanes of at least 4 members (excludes halogenated alkanes) is 1. The number of carbonyl (C=O) groups is 2. The maximum atomic E-state index is 12.8. The number of carboxylic acids is 1. The first-order valence-electron chi connectivity index (χ1n) is 10.8. The standard InChI is InChI=1S/C25H39NO4/c1-8-9-14-26(15-10-11-22(28)29)21(27)13-12-18-16-19(24(2,3)4)23(30)20(17-18)25(5,6)7/h12-13,16-17,30H,8-11,14-15H2,1-7H3,(H,28,29)/b13-12+. The molecule has 0 saturated carbocycles. The van der Waals surface area contributed by atoms with Crippen LogP contribution in [0.25, 0.3) is 6.08 Å². The molecule has 5 heteroatoms. The Labute approximate surface area is 181 Å². The van der Waals surface area contributed by atoms with E-state index in [1.165, 1.54) is 0 Å². The van der Waals surface area contributed by atoms with E-state index < -0.39 is 5.97 Å². The van der Waals surface area contributed by atoms with E-state index in [4.69, 9.17) is 5.11 Å². The van der Waals surface area contributed by atoms with Crippen molar-refractivity contribution in [2.75, 3.05) is 13.1 Å². The lowest BCUT2D eigenvalue weighted by atomic mass is 9.78. The van der Waals surface area contributed by atoms with Gasteiger partial charge >= 0.3 is 5.97 Å². The summed E-state index contributed by atoms with van der Waals surface area (Å²) in [6.45, 7) is 15.5.